The van der Waals surface area contributed by atoms with Gasteiger partial charge in [-0.25, -0.2) is 4.79 Å². The predicted octanol–water partition coefficient (Wildman–Crippen LogP) is 2.17. The van der Waals surface area contributed by atoms with Crippen LogP contribution >= 0.6 is 15.9 Å². The van der Waals surface area contributed by atoms with Crippen molar-refractivity contribution in [3.63, 3.8) is 0 Å². The van der Waals surface area contributed by atoms with Gasteiger partial charge >= 0.3 is 12.0 Å². The Morgan fingerprint density at radius 2 is 2.05 bits per heavy atom. The van der Waals surface area contributed by atoms with Gasteiger partial charge in [-0.05, 0) is 34.8 Å². The fourth-order valence-corrected chi connectivity index (χ4v) is 2.38. The first-order valence-electron chi connectivity index (χ1n) is 5.95. The molecule has 1 fully saturated rings. The number of anilines is 1. The van der Waals surface area contributed by atoms with E-state index in [9.17, 15) is 9.59 Å². The number of carboxylic acid groups (broad SMARTS) is 1. The maximum absolute atomic E-state index is 12.0. The second-order valence-corrected chi connectivity index (χ2v) is 5.34. The molecule has 102 valence electrons. The molecular formula is C12H14BrN3O3. The number of carbonyl (C=O) groups excluding carboxylic acids is 1. The normalized spacial score (nSPS) is 16.2. The Balaban J connectivity index is 1.90. The van der Waals surface area contributed by atoms with Gasteiger partial charge in [-0.1, -0.05) is 0 Å². The van der Waals surface area contributed by atoms with Crippen LogP contribution in [0.15, 0.2) is 22.9 Å². The number of piperidine rings is 1. The first kappa shape index (κ1) is 13.8. The van der Waals surface area contributed by atoms with Crippen molar-refractivity contribution in [1.29, 1.82) is 0 Å². The minimum atomic E-state index is -0.781. The molecule has 0 aromatic carbocycles. The molecule has 0 radical (unpaired) electrons. The highest BCUT2D eigenvalue weighted by Crippen LogP contribution is 2.19. The fraction of sp³-hybridized carbons (Fsp3) is 0.417. The third-order valence-corrected chi connectivity index (χ3v) is 3.52. The zero-order valence-electron chi connectivity index (χ0n) is 10.2. The van der Waals surface area contributed by atoms with Gasteiger partial charge < -0.3 is 15.3 Å². The van der Waals surface area contributed by atoms with Gasteiger partial charge in [0.25, 0.3) is 0 Å². The van der Waals surface area contributed by atoms with Crippen LogP contribution in [0.5, 0.6) is 0 Å². The average Bonchev–Trinajstić information content (AvgIpc) is 2.39. The van der Waals surface area contributed by atoms with E-state index in [0.29, 0.717) is 31.6 Å². The number of hydrogen-bond acceptors (Lipinski definition) is 3. The van der Waals surface area contributed by atoms with Crippen molar-refractivity contribution >= 4 is 33.6 Å². The molecular weight excluding hydrogens is 314 g/mol. The third kappa shape index (κ3) is 3.66. The minimum Gasteiger partial charge on any atom is -0.481 e. The molecule has 0 saturated carbocycles. The van der Waals surface area contributed by atoms with E-state index < -0.39 is 5.97 Å². The Bertz CT molecular complexity index is 487. The molecule has 0 unspecified atom stereocenters. The number of carboxylic acids is 1. The summed E-state index contributed by atoms with van der Waals surface area (Å²) in [4.78, 5) is 28.4. The number of rotatable bonds is 2. The van der Waals surface area contributed by atoms with Crippen LogP contribution in [0.1, 0.15) is 12.8 Å². The van der Waals surface area contributed by atoms with Gasteiger partial charge in [0, 0.05) is 23.8 Å². The Kier molecular flexibility index (Phi) is 4.36. The predicted molar refractivity (Wildman–Crippen MR) is 72.9 cm³/mol. The minimum absolute atomic E-state index is 0.219. The van der Waals surface area contributed by atoms with Crippen LogP contribution < -0.4 is 5.32 Å². The summed E-state index contributed by atoms with van der Waals surface area (Å²) in [5.74, 6) is -1.12. The Labute approximate surface area is 118 Å². The zero-order chi connectivity index (χ0) is 13.8. The van der Waals surface area contributed by atoms with Crippen molar-refractivity contribution in [2.75, 3.05) is 18.4 Å². The topological polar surface area (TPSA) is 82.5 Å². The summed E-state index contributed by atoms with van der Waals surface area (Å²) in [6.07, 6.45) is 4.19. The van der Waals surface area contributed by atoms with Crippen LogP contribution in [0.2, 0.25) is 0 Å². The number of carbonyl (C=O) groups is 2. The molecule has 2 amide bonds. The maximum atomic E-state index is 12.0. The molecule has 1 aliphatic heterocycles. The Morgan fingerprint density at radius 1 is 1.37 bits per heavy atom. The fourth-order valence-electron chi connectivity index (χ4n) is 2.01. The van der Waals surface area contributed by atoms with Gasteiger partial charge in [-0.15, -0.1) is 0 Å². The molecule has 0 aliphatic carbocycles. The molecule has 2 N–H and O–H groups in total. The number of amides is 2. The van der Waals surface area contributed by atoms with E-state index in [1.54, 1.807) is 23.4 Å². The van der Waals surface area contributed by atoms with Crippen LogP contribution in [-0.4, -0.2) is 40.1 Å². The van der Waals surface area contributed by atoms with Crippen LogP contribution in [0.4, 0.5) is 10.5 Å². The highest BCUT2D eigenvalue weighted by Gasteiger charge is 2.26. The second-order valence-electron chi connectivity index (χ2n) is 4.42. The van der Waals surface area contributed by atoms with E-state index in [1.807, 2.05) is 0 Å². The van der Waals surface area contributed by atoms with E-state index in [-0.39, 0.29) is 11.9 Å². The molecule has 1 aromatic heterocycles. The zero-order valence-corrected chi connectivity index (χ0v) is 11.8. The number of urea groups is 1. The van der Waals surface area contributed by atoms with Gasteiger partial charge in [-0.2, -0.15) is 0 Å². The maximum Gasteiger partial charge on any atom is 0.321 e. The summed E-state index contributed by atoms with van der Waals surface area (Å²) in [6, 6.07) is 1.54. The first-order chi connectivity index (χ1) is 9.06. The molecule has 1 aliphatic rings. The van der Waals surface area contributed by atoms with Crippen molar-refractivity contribution in [3.8, 4) is 0 Å². The summed E-state index contributed by atoms with van der Waals surface area (Å²) in [5.41, 5.74) is 0.611. The van der Waals surface area contributed by atoms with E-state index in [1.165, 1.54) is 0 Å². The molecule has 0 bridgehead atoms. The lowest BCUT2D eigenvalue weighted by Crippen LogP contribution is -2.42. The molecule has 0 atom stereocenters. The van der Waals surface area contributed by atoms with Crippen molar-refractivity contribution in [2.24, 2.45) is 5.92 Å². The third-order valence-electron chi connectivity index (χ3n) is 3.09. The smallest absolute Gasteiger partial charge is 0.321 e. The number of aromatic nitrogens is 1. The standard InChI is InChI=1S/C12H14BrN3O3/c13-9-5-10(7-14-6-9)15-12(19)16-3-1-8(2-4-16)11(17)18/h5-8H,1-4H2,(H,15,19)(H,17,18). The molecule has 2 heterocycles. The molecule has 6 nitrogen and oxygen atoms in total. The SMILES string of the molecule is O=C(O)C1CCN(C(=O)Nc2cncc(Br)c2)CC1. The lowest BCUT2D eigenvalue weighted by Gasteiger charge is -2.30. The Morgan fingerprint density at radius 3 is 2.63 bits per heavy atom. The lowest BCUT2D eigenvalue weighted by atomic mass is 9.97. The van der Waals surface area contributed by atoms with Crippen LogP contribution in [-0.2, 0) is 4.79 Å². The second kappa shape index (κ2) is 6.01. The first-order valence-corrected chi connectivity index (χ1v) is 6.75. The Hall–Kier alpha value is -1.63. The number of nitrogens with zero attached hydrogens (tertiary/aromatic N) is 2. The lowest BCUT2D eigenvalue weighted by molar-refractivity contribution is -0.143. The quantitative estimate of drug-likeness (QED) is 0.872. The van der Waals surface area contributed by atoms with Gasteiger partial charge in [0.15, 0.2) is 0 Å². The number of pyridine rings is 1. The number of nitrogens with one attached hydrogen (secondary N) is 1. The number of likely N-dealkylation sites (tertiary alicyclic amines) is 1. The molecule has 1 saturated heterocycles. The monoisotopic (exact) mass is 327 g/mol. The molecule has 2 rings (SSSR count). The van der Waals surface area contributed by atoms with Crippen LogP contribution in [0, 0.1) is 5.92 Å². The van der Waals surface area contributed by atoms with Gasteiger partial charge in [0.1, 0.15) is 0 Å². The molecule has 19 heavy (non-hydrogen) atoms. The van der Waals surface area contributed by atoms with E-state index >= 15 is 0 Å². The molecule has 0 spiro atoms. The summed E-state index contributed by atoms with van der Waals surface area (Å²) in [5, 5.41) is 11.6. The largest absolute Gasteiger partial charge is 0.481 e. The molecule has 7 heteroatoms. The van der Waals surface area contributed by atoms with Crippen LogP contribution in [0.25, 0.3) is 0 Å². The van der Waals surface area contributed by atoms with Crippen LogP contribution in [0.3, 0.4) is 0 Å². The van der Waals surface area contributed by atoms with E-state index in [2.05, 4.69) is 26.2 Å². The number of halogens is 1. The van der Waals surface area contributed by atoms with Crippen molar-refractivity contribution in [1.82, 2.24) is 9.88 Å². The van der Waals surface area contributed by atoms with Crippen molar-refractivity contribution in [2.45, 2.75) is 12.8 Å². The summed E-state index contributed by atoms with van der Waals surface area (Å²) < 4.78 is 0.787. The molecule has 1 aromatic rings. The summed E-state index contributed by atoms with van der Waals surface area (Å²) in [6.45, 7) is 0.925. The highest BCUT2D eigenvalue weighted by atomic mass is 79.9. The summed E-state index contributed by atoms with van der Waals surface area (Å²) >= 11 is 3.28. The van der Waals surface area contributed by atoms with E-state index in [4.69, 9.17) is 5.11 Å². The number of aliphatic carboxylic acids is 1. The summed E-state index contributed by atoms with van der Waals surface area (Å²) in [7, 11) is 0. The van der Waals surface area contributed by atoms with Gasteiger partial charge in [-0.3, -0.25) is 9.78 Å². The van der Waals surface area contributed by atoms with Crippen molar-refractivity contribution < 1.29 is 14.7 Å². The average molecular weight is 328 g/mol. The number of hydrogen-bond donors (Lipinski definition) is 2. The van der Waals surface area contributed by atoms with Crippen molar-refractivity contribution in [3.05, 3.63) is 22.9 Å². The van der Waals surface area contributed by atoms with Gasteiger partial charge in [0.2, 0.25) is 0 Å². The van der Waals surface area contributed by atoms with E-state index in [0.717, 1.165) is 4.47 Å². The highest BCUT2D eigenvalue weighted by molar-refractivity contribution is 9.10. The van der Waals surface area contributed by atoms with Gasteiger partial charge in [0.05, 0.1) is 17.8 Å².